The van der Waals surface area contributed by atoms with E-state index in [0.717, 1.165) is 0 Å². The van der Waals surface area contributed by atoms with Crippen molar-refractivity contribution in [2.75, 3.05) is 6.54 Å². The van der Waals surface area contributed by atoms with E-state index in [1.54, 1.807) is 0 Å². The summed E-state index contributed by atoms with van der Waals surface area (Å²) in [7, 11) is 0. The molecule has 1 heterocycles. The van der Waals surface area contributed by atoms with E-state index in [9.17, 15) is 14.7 Å². The standard InChI is InChI=1S/C10H19N3O4/c1-10(2,17)7(11)8(14)13-5-3-6(9(15)16)12-4-5/h5-7,12,17H,3-4,11H2,1-2H3,(H,13,14)(H,15,16). The zero-order valence-corrected chi connectivity index (χ0v) is 9.93. The van der Waals surface area contributed by atoms with E-state index in [0.29, 0.717) is 13.0 Å². The Hall–Kier alpha value is -1.18. The molecule has 1 aliphatic heterocycles. The van der Waals surface area contributed by atoms with Crippen LogP contribution in [0, 0.1) is 0 Å². The van der Waals surface area contributed by atoms with Crippen LogP contribution in [0.5, 0.6) is 0 Å². The van der Waals surface area contributed by atoms with Gasteiger partial charge in [-0.25, -0.2) is 0 Å². The van der Waals surface area contributed by atoms with Crippen LogP contribution in [0.25, 0.3) is 0 Å². The van der Waals surface area contributed by atoms with Crippen LogP contribution in [0.1, 0.15) is 20.3 Å². The second kappa shape index (κ2) is 4.99. The molecular weight excluding hydrogens is 226 g/mol. The number of nitrogens with one attached hydrogen (secondary N) is 2. The monoisotopic (exact) mass is 245 g/mol. The second-order valence-electron chi connectivity index (χ2n) is 4.87. The van der Waals surface area contributed by atoms with Crippen molar-refractivity contribution in [2.45, 2.75) is 44.0 Å². The third-order valence-electron chi connectivity index (χ3n) is 2.82. The summed E-state index contributed by atoms with van der Waals surface area (Å²) in [6.45, 7) is 3.29. The SMILES string of the molecule is CC(C)(O)C(N)C(=O)NC1CNC(C(=O)O)C1. The number of hydrogen-bond donors (Lipinski definition) is 5. The first-order valence-electron chi connectivity index (χ1n) is 5.46. The molecule has 7 heteroatoms. The molecule has 7 nitrogen and oxygen atoms in total. The Bertz CT molecular complexity index is 313. The summed E-state index contributed by atoms with van der Waals surface area (Å²) in [5.74, 6) is -1.41. The fraction of sp³-hybridized carbons (Fsp3) is 0.800. The van der Waals surface area contributed by atoms with Crippen molar-refractivity contribution in [1.29, 1.82) is 0 Å². The fourth-order valence-electron chi connectivity index (χ4n) is 1.65. The highest BCUT2D eigenvalue weighted by Crippen LogP contribution is 2.10. The molecule has 1 amide bonds. The normalized spacial score (nSPS) is 26.6. The summed E-state index contributed by atoms with van der Waals surface area (Å²) in [5.41, 5.74) is 4.26. The molecule has 0 aliphatic carbocycles. The maximum atomic E-state index is 11.7. The largest absolute Gasteiger partial charge is 0.480 e. The maximum Gasteiger partial charge on any atom is 0.320 e. The zero-order valence-electron chi connectivity index (χ0n) is 9.93. The Morgan fingerprint density at radius 3 is 2.53 bits per heavy atom. The van der Waals surface area contributed by atoms with Crippen LogP contribution in [0.15, 0.2) is 0 Å². The molecule has 0 spiro atoms. The maximum absolute atomic E-state index is 11.7. The molecule has 0 bridgehead atoms. The van der Waals surface area contributed by atoms with E-state index < -0.39 is 29.6 Å². The fourth-order valence-corrected chi connectivity index (χ4v) is 1.65. The van der Waals surface area contributed by atoms with E-state index in [1.165, 1.54) is 13.8 Å². The number of carboxylic acid groups (broad SMARTS) is 1. The molecule has 0 aromatic rings. The summed E-state index contributed by atoms with van der Waals surface area (Å²) in [4.78, 5) is 22.3. The minimum atomic E-state index is -1.30. The molecule has 1 saturated heterocycles. The van der Waals surface area contributed by atoms with Gasteiger partial charge in [0.15, 0.2) is 0 Å². The van der Waals surface area contributed by atoms with Crippen LogP contribution in [-0.4, -0.2) is 52.4 Å². The van der Waals surface area contributed by atoms with Crippen molar-refractivity contribution in [1.82, 2.24) is 10.6 Å². The molecule has 1 aliphatic rings. The average molecular weight is 245 g/mol. The molecule has 0 radical (unpaired) electrons. The van der Waals surface area contributed by atoms with Gasteiger partial charge in [-0.3, -0.25) is 9.59 Å². The van der Waals surface area contributed by atoms with Gasteiger partial charge in [-0.2, -0.15) is 0 Å². The van der Waals surface area contributed by atoms with Crippen LogP contribution in [0.4, 0.5) is 0 Å². The molecule has 17 heavy (non-hydrogen) atoms. The molecule has 6 N–H and O–H groups in total. The highest BCUT2D eigenvalue weighted by atomic mass is 16.4. The Labute approximate surface area is 99.4 Å². The van der Waals surface area contributed by atoms with Gasteiger partial charge in [-0.15, -0.1) is 0 Å². The van der Waals surface area contributed by atoms with Gasteiger partial charge in [0.05, 0.1) is 5.60 Å². The number of carboxylic acids is 1. The molecule has 0 aromatic heterocycles. The molecule has 0 aromatic carbocycles. The summed E-state index contributed by atoms with van der Waals surface area (Å²) >= 11 is 0. The lowest BCUT2D eigenvalue weighted by Gasteiger charge is -2.25. The molecule has 1 rings (SSSR count). The number of aliphatic carboxylic acids is 1. The van der Waals surface area contributed by atoms with Crippen molar-refractivity contribution in [3.8, 4) is 0 Å². The van der Waals surface area contributed by atoms with E-state index in [4.69, 9.17) is 10.8 Å². The number of carbonyl (C=O) groups is 2. The van der Waals surface area contributed by atoms with E-state index in [-0.39, 0.29) is 6.04 Å². The summed E-state index contributed by atoms with van der Waals surface area (Å²) in [6, 6.07) is -1.94. The third-order valence-corrected chi connectivity index (χ3v) is 2.82. The highest BCUT2D eigenvalue weighted by molar-refractivity contribution is 5.83. The lowest BCUT2D eigenvalue weighted by atomic mass is 9.99. The molecule has 3 unspecified atom stereocenters. The van der Waals surface area contributed by atoms with E-state index in [1.807, 2.05) is 0 Å². The van der Waals surface area contributed by atoms with Crippen LogP contribution < -0.4 is 16.4 Å². The van der Waals surface area contributed by atoms with Crippen molar-refractivity contribution >= 4 is 11.9 Å². The number of nitrogens with two attached hydrogens (primary N) is 1. The number of rotatable bonds is 4. The second-order valence-corrected chi connectivity index (χ2v) is 4.87. The van der Waals surface area contributed by atoms with Gasteiger partial charge in [0.25, 0.3) is 0 Å². The van der Waals surface area contributed by atoms with Crippen molar-refractivity contribution in [3.63, 3.8) is 0 Å². The predicted molar refractivity (Wildman–Crippen MR) is 60.2 cm³/mol. The summed E-state index contributed by atoms with van der Waals surface area (Å²) in [5, 5.41) is 23.7. The van der Waals surface area contributed by atoms with Crippen molar-refractivity contribution in [2.24, 2.45) is 5.73 Å². The number of hydrogen-bond acceptors (Lipinski definition) is 5. The molecular formula is C10H19N3O4. The van der Waals surface area contributed by atoms with Crippen LogP contribution in [0.3, 0.4) is 0 Å². The Kier molecular flexibility index (Phi) is 4.07. The van der Waals surface area contributed by atoms with Gasteiger partial charge in [-0.1, -0.05) is 0 Å². The van der Waals surface area contributed by atoms with E-state index >= 15 is 0 Å². The van der Waals surface area contributed by atoms with Gasteiger partial charge in [0.2, 0.25) is 5.91 Å². The van der Waals surface area contributed by atoms with Crippen molar-refractivity contribution < 1.29 is 19.8 Å². The number of amides is 1. The van der Waals surface area contributed by atoms with Crippen molar-refractivity contribution in [3.05, 3.63) is 0 Å². The summed E-state index contributed by atoms with van der Waals surface area (Å²) in [6.07, 6.45) is 0.319. The van der Waals surface area contributed by atoms with Crippen LogP contribution in [-0.2, 0) is 9.59 Å². The lowest BCUT2D eigenvalue weighted by molar-refractivity contribution is -0.139. The number of aliphatic hydroxyl groups is 1. The Morgan fingerprint density at radius 1 is 1.53 bits per heavy atom. The first kappa shape index (κ1) is 13.9. The van der Waals surface area contributed by atoms with Gasteiger partial charge in [-0.05, 0) is 20.3 Å². The smallest absolute Gasteiger partial charge is 0.320 e. The van der Waals surface area contributed by atoms with Gasteiger partial charge in [0.1, 0.15) is 12.1 Å². The quantitative estimate of drug-likeness (QED) is 0.391. The van der Waals surface area contributed by atoms with Gasteiger partial charge in [0, 0.05) is 12.6 Å². The van der Waals surface area contributed by atoms with Gasteiger partial charge < -0.3 is 26.6 Å². The first-order valence-corrected chi connectivity index (χ1v) is 5.46. The Morgan fingerprint density at radius 2 is 2.12 bits per heavy atom. The minimum absolute atomic E-state index is 0.267. The van der Waals surface area contributed by atoms with Gasteiger partial charge >= 0.3 is 5.97 Å². The topological polar surface area (TPSA) is 125 Å². The third kappa shape index (κ3) is 3.65. The Balaban J connectivity index is 2.46. The average Bonchev–Trinajstić information content (AvgIpc) is 2.63. The van der Waals surface area contributed by atoms with Crippen LogP contribution >= 0.6 is 0 Å². The molecule has 98 valence electrons. The highest BCUT2D eigenvalue weighted by Gasteiger charge is 2.34. The van der Waals surface area contributed by atoms with Crippen LogP contribution in [0.2, 0.25) is 0 Å². The van der Waals surface area contributed by atoms with E-state index in [2.05, 4.69) is 10.6 Å². The molecule has 3 atom stereocenters. The lowest BCUT2D eigenvalue weighted by Crippen LogP contribution is -2.55. The minimum Gasteiger partial charge on any atom is -0.480 e. The molecule has 0 saturated carbocycles. The summed E-state index contributed by atoms with van der Waals surface area (Å²) < 4.78 is 0. The first-order chi connectivity index (χ1) is 7.71. The molecule has 1 fully saturated rings. The predicted octanol–water partition coefficient (Wildman–Crippen LogP) is -1.98. The number of carbonyl (C=O) groups excluding carboxylic acids is 1. The zero-order chi connectivity index (χ0) is 13.2.